The lowest BCUT2D eigenvalue weighted by Crippen LogP contribution is -2.47. The molecule has 1 saturated carbocycles. The normalized spacial score (nSPS) is 22.6. The molecule has 1 aliphatic carbocycles. The van der Waals surface area contributed by atoms with Crippen LogP contribution in [-0.4, -0.2) is 60.2 Å². The topological polar surface area (TPSA) is 90.0 Å². The van der Waals surface area contributed by atoms with Crippen LogP contribution in [0, 0.1) is 25.7 Å². The summed E-state index contributed by atoms with van der Waals surface area (Å²) >= 11 is 1.43. The SMILES string of the molecule is Cc1cccc(-c2sc(C)nc2C(=O)N2C[C@@H]3CC(F)(F)C[C@@H]3[C@H]2CNC(=O)Oc2cccc3c2OCCO3)c1. The van der Waals surface area contributed by atoms with Gasteiger partial charge in [-0.2, -0.15) is 0 Å². The quantitative estimate of drug-likeness (QED) is 0.438. The largest absolute Gasteiger partial charge is 0.486 e. The number of alkyl halides is 2. The second kappa shape index (κ2) is 10.3. The Morgan fingerprint density at radius 2 is 1.95 bits per heavy atom. The van der Waals surface area contributed by atoms with Crippen molar-refractivity contribution < 1.29 is 32.6 Å². The van der Waals surface area contributed by atoms with E-state index in [4.69, 9.17) is 14.2 Å². The van der Waals surface area contributed by atoms with Crippen LogP contribution in [0.3, 0.4) is 0 Å². The molecule has 0 unspecified atom stereocenters. The first-order chi connectivity index (χ1) is 19.2. The van der Waals surface area contributed by atoms with E-state index in [2.05, 4.69) is 10.3 Å². The summed E-state index contributed by atoms with van der Waals surface area (Å²) in [5.74, 6) is -2.93. The van der Waals surface area contributed by atoms with Crippen molar-refractivity contribution in [3.8, 4) is 27.7 Å². The second-order valence-electron chi connectivity index (χ2n) is 10.5. The molecule has 1 N–H and O–H groups in total. The maximum absolute atomic E-state index is 14.4. The van der Waals surface area contributed by atoms with Gasteiger partial charge in [-0.3, -0.25) is 4.79 Å². The predicted molar refractivity (Wildman–Crippen MR) is 144 cm³/mol. The predicted octanol–water partition coefficient (Wildman–Crippen LogP) is 5.47. The molecule has 11 heteroatoms. The van der Waals surface area contributed by atoms with Crippen molar-refractivity contribution in [2.24, 2.45) is 11.8 Å². The van der Waals surface area contributed by atoms with E-state index >= 15 is 0 Å². The third-order valence-electron chi connectivity index (χ3n) is 7.69. The standard InChI is InChI=1S/C29H29F2N3O5S/c1-16-5-3-6-18(11-16)26-24(33-17(2)40-26)27(35)34-15-19-12-29(30,31)13-20(19)21(34)14-32-28(36)39-23-8-4-7-22-25(23)38-10-9-37-22/h3-8,11,19-21H,9-10,12-15H2,1-2H3,(H,32,36)/t19-,20-,21+/m0/s1. The van der Waals surface area contributed by atoms with Gasteiger partial charge in [0.15, 0.2) is 11.5 Å². The number of para-hydroxylation sites is 1. The van der Waals surface area contributed by atoms with Crippen molar-refractivity contribution in [2.45, 2.75) is 38.7 Å². The van der Waals surface area contributed by atoms with Crippen LogP contribution in [0.1, 0.15) is 33.9 Å². The van der Waals surface area contributed by atoms with Gasteiger partial charge in [-0.25, -0.2) is 18.6 Å². The van der Waals surface area contributed by atoms with Crippen molar-refractivity contribution in [3.63, 3.8) is 0 Å². The summed E-state index contributed by atoms with van der Waals surface area (Å²) in [5.41, 5.74) is 2.24. The molecule has 8 nitrogen and oxygen atoms in total. The number of nitrogens with one attached hydrogen (secondary N) is 1. The highest BCUT2D eigenvalue weighted by Crippen LogP contribution is 2.50. The Kier molecular flexibility index (Phi) is 6.85. The maximum Gasteiger partial charge on any atom is 0.412 e. The van der Waals surface area contributed by atoms with Crippen LogP contribution < -0.4 is 19.5 Å². The van der Waals surface area contributed by atoms with Crippen LogP contribution >= 0.6 is 11.3 Å². The summed E-state index contributed by atoms with van der Waals surface area (Å²) in [6.45, 7) is 4.69. The van der Waals surface area contributed by atoms with Crippen LogP contribution in [-0.2, 0) is 0 Å². The van der Waals surface area contributed by atoms with Gasteiger partial charge < -0.3 is 24.4 Å². The molecular formula is C29H29F2N3O5S. The van der Waals surface area contributed by atoms with Gasteiger partial charge in [0.1, 0.15) is 18.9 Å². The van der Waals surface area contributed by atoms with E-state index in [9.17, 15) is 18.4 Å². The Hall–Kier alpha value is -3.73. The van der Waals surface area contributed by atoms with Gasteiger partial charge in [0, 0.05) is 25.9 Å². The summed E-state index contributed by atoms with van der Waals surface area (Å²) in [6, 6.07) is 12.2. The number of hydrogen-bond acceptors (Lipinski definition) is 7. The molecule has 3 aliphatic rings. The maximum atomic E-state index is 14.4. The highest BCUT2D eigenvalue weighted by molar-refractivity contribution is 7.15. The zero-order valence-corrected chi connectivity index (χ0v) is 22.9. The van der Waals surface area contributed by atoms with Crippen LogP contribution in [0.5, 0.6) is 17.2 Å². The number of rotatable bonds is 5. The van der Waals surface area contributed by atoms with Crippen molar-refractivity contribution >= 4 is 23.3 Å². The number of halogens is 2. The summed E-state index contributed by atoms with van der Waals surface area (Å²) in [4.78, 5) is 33.7. The fourth-order valence-corrected chi connectivity index (χ4v) is 6.94. The molecule has 1 aromatic heterocycles. The first-order valence-electron chi connectivity index (χ1n) is 13.3. The van der Waals surface area contributed by atoms with Crippen molar-refractivity contribution in [1.29, 1.82) is 0 Å². The molecule has 3 atom stereocenters. The Labute approximate surface area is 234 Å². The minimum absolute atomic E-state index is 0.0307. The number of carbonyl (C=O) groups is 2. The highest BCUT2D eigenvalue weighted by Gasteiger charge is 2.56. The van der Waals surface area contributed by atoms with E-state index in [-0.39, 0.29) is 43.5 Å². The van der Waals surface area contributed by atoms with E-state index in [1.54, 1.807) is 23.1 Å². The van der Waals surface area contributed by atoms with Crippen LogP contribution in [0.15, 0.2) is 42.5 Å². The number of thiazole rings is 1. The number of benzene rings is 2. The van der Waals surface area contributed by atoms with Gasteiger partial charge in [0.05, 0.1) is 15.9 Å². The molecule has 210 valence electrons. The summed E-state index contributed by atoms with van der Waals surface area (Å²) in [7, 11) is 0. The zero-order chi connectivity index (χ0) is 28.0. The average molecular weight is 570 g/mol. The third-order valence-corrected chi connectivity index (χ3v) is 8.71. The second-order valence-corrected chi connectivity index (χ2v) is 11.7. The lowest BCUT2D eigenvalue weighted by molar-refractivity contribution is -0.00608. The van der Waals surface area contributed by atoms with Gasteiger partial charge in [0.2, 0.25) is 11.7 Å². The molecule has 2 fully saturated rings. The number of amides is 2. The van der Waals surface area contributed by atoms with E-state index in [0.717, 1.165) is 21.0 Å². The van der Waals surface area contributed by atoms with Crippen LogP contribution in [0.25, 0.3) is 10.4 Å². The molecule has 2 aromatic carbocycles. The van der Waals surface area contributed by atoms with Gasteiger partial charge in [-0.1, -0.05) is 35.9 Å². The average Bonchev–Trinajstić information content (AvgIpc) is 3.56. The number of hydrogen-bond donors (Lipinski definition) is 1. The van der Waals surface area contributed by atoms with Gasteiger partial charge in [0.25, 0.3) is 5.91 Å². The summed E-state index contributed by atoms with van der Waals surface area (Å²) in [6.07, 6.45) is -1.38. The number of likely N-dealkylation sites (tertiary alicyclic amines) is 1. The number of carbonyl (C=O) groups excluding carboxylic acids is 2. The van der Waals surface area contributed by atoms with Gasteiger partial charge in [-0.15, -0.1) is 11.3 Å². The lowest BCUT2D eigenvalue weighted by atomic mass is 9.94. The van der Waals surface area contributed by atoms with Crippen molar-refractivity contribution in [3.05, 3.63) is 58.7 Å². The number of fused-ring (bicyclic) bond motifs is 2. The molecule has 6 rings (SSSR count). The van der Waals surface area contributed by atoms with E-state index in [1.165, 1.54) is 11.3 Å². The molecule has 40 heavy (non-hydrogen) atoms. The molecule has 3 heterocycles. The molecular weight excluding hydrogens is 540 g/mol. The Morgan fingerprint density at radius 3 is 2.77 bits per heavy atom. The Bertz CT molecular complexity index is 1460. The molecule has 0 spiro atoms. The summed E-state index contributed by atoms with van der Waals surface area (Å²) in [5, 5.41) is 3.44. The van der Waals surface area contributed by atoms with Crippen LogP contribution in [0.4, 0.5) is 13.6 Å². The Balaban J connectivity index is 1.23. The minimum atomic E-state index is -2.80. The first-order valence-corrected chi connectivity index (χ1v) is 14.1. The smallest absolute Gasteiger partial charge is 0.412 e. The zero-order valence-electron chi connectivity index (χ0n) is 22.1. The number of aromatic nitrogens is 1. The first kappa shape index (κ1) is 26.5. The molecule has 2 aliphatic heterocycles. The van der Waals surface area contributed by atoms with Gasteiger partial charge in [-0.05, 0) is 43.4 Å². The number of aryl methyl sites for hydroxylation is 2. The molecule has 3 aromatic rings. The molecule has 0 bridgehead atoms. The lowest BCUT2D eigenvalue weighted by Gasteiger charge is -2.29. The van der Waals surface area contributed by atoms with Crippen LogP contribution in [0.2, 0.25) is 0 Å². The van der Waals surface area contributed by atoms with E-state index in [0.29, 0.717) is 30.4 Å². The van der Waals surface area contributed by atoms with Crippen molar-refractivity contribution in [2.75, 3.05) is 26.3 Å². The molecule has 1 saturated heterocycles. The monoisotopic (exact) mass is 569 g/mol. The summed E-state index contributed by atoms with van der Waals surface area (Å²) < 4.78 is 45.4. The molecule has 2 amide bonds. The number of nitrogens with zero attached hydrogens (tertiary/aromatic N) is 2. The fraction of sp³-hybridized carbons (Fsp3) is 0.414. The highest BCUT2D eigenvalue weighted by atomic mass is 32.1. The minimum Gasteiger partial charge on any atom is -0.486 e. The van der Waals surface area contributed by atoms with Gasteiger partial charge >= 0.3 is 6.09 Å². The Morgan fingerprint density at radius 1 is 1.15 bits per heavy atom. The molecule has 0 radical (unpaired) electrons. The van der Waals surface area contributed by atoms with E-state index < -0.39 is 24.0 Å². The van der Waals surface area contributed by atoms with E-state index in [1.807, 2.05) is 38.1 Å². The fourth-order valence-electron chi connectivity index (χ4n) is 6.04. The number of ether oxygens (including phenoxy) is 3. The van der Waals surface area contributed by atoms with Crippen molar-refractivity contribution in [1.82, 2.24) is 15.2 Å². The third kappa shape index (κ3) is 5.10.